The molecular weight excluding hydrogens is 220 g/mol. The average molecular weight is 246 g/mol. The second-order valence-corrected chi connectivity index (χ2v) is 6.27. The lowest BCUT2D eigenvalue weighted by Gasteiger charge is -2.49. The van der Waals surface area contributed by atoms with Gasteiger partial charge in [-0.25, -0.2) is 0 Å². The molecule has 2 N–H and O–H groups in total. The number of anilines is 1. The second-order valence-electron chi connectivity index (χ2n) is 6.27. The molecule has 1 atom stereocenters. The largest absolute Gasteiger partial charge is 0.365 e. The van der Waals surface area contributed by atoms with E-state index in [0.717, 1.165) is 13.0 Å². The number of nitrogens with two attached hydrogens (primary N) is 1. The zero-order chi connectivity index (χ0) is 13.3. The first kappa shape index (κ1) is 13.4. The van der Waals surface area contributed by atoms with Crippen LogP contribution in [0.1, 0.15) is 52.0 Å². The maximum atomic E-state index is 6.32. The Morgan fingerprint density at radius 2 is 1.94 bits per heavy atom. The first-order valence-electron chi connectivity index (χ1n) is 7.06. The van der Waals surface area contributed by atoms with E-state index in [1.165, 1.54) is 17.7 Å². The van der Waals surface area contributed by atoms with Crippen LogP contribution in [0.4, 0.5) is 5.69 Å². The molecule has 0 radical (unpaired) electrons. The van der Waals surface area contributed by atoms with Crippen molar-refractivity contribution in [3.63, 3.8) is 0 Å². The number of piperidine rings is 1. The highest BCUT2D eigenvalue weighted by atomic mass is 15.2. The van der Waals surface area contributed by atoms with Crippen LogP contribution in [0.25, 0.3) is 0 Å². The van der Waals surface area contributed by atoms with Gasteiger partial charge in [0.25, 0.3) is 0 Å². The van der Waals surface area contributed by atoms with Crippen LogP contribution in [0.5, 0.6) is 0 Å². The zero-order valence-corrected chi connectivity index (χ0v) is 12.1. The van der Waals surface area contributed by atoms with Crippen molar-refractivity contribution in [2.24, 2.45) is 5.73 Å². The van der Waals surface area contributed by atoms with E-state index < -0.39 is 0 Å². The summed E-state index contributed by atoms with van der Waals surface area (Å²) in [5.74, 6) is 0.551. The highest BCUT2D eigenvalue weighted by Gasteiger charge is 2.37. The van der Waals surface area contributed by atoms with E-state index in [1.807, 2.05) is 0 Å². The van der Waals surface area contributed by atoms with E-state index in [9.17, 15) is 0 Å². The number of para-hydroxylation sites is 1. The molecule has 1 saturated heterocycles. The van der Waals surface area contributed by atoms with Crippen molar-refractivity contribution in [1.82, 2.24) is 0 Å². The van der Waals surface area contributed by atoms with Gasteiger partial charge in [0, 0.05) is 23.8 Å². The van der Waals surface area contributed by atoms with Crippen LogP contribution in [-0.2, 0) is 0 Å². The van der Waals surface area contributed by atoms with E-state index in [-0.39, 0.29) is 11.6 Å². The lowest BCUT2D eigenvalue weighted by molar-refractivity contribution is 0.309. The molecular formula is C16H26N2. The number of hydrogen-bond acceptors (Lipinski definition) is 2. The van der Waals surface area contributed by atoms with Gasteiger partial charge in [0.15, 0.2) is 0 Å². The molecule has 1 heterocycles. The first-order chi connectivity index (χ1) is 8.44. The van der Waals surface area contributed by atoms with Crippen LogP contribution in [0.15, 0.2) is 24.3 Å². The molecule has 1 unspecified atom stereocenters. The summed E-state index contributed by atoms with van der Waals surface area (Å²) in [7, 11) is 0. The molecule has 1 aromatic carbocycles. The SMILES string of the molecule is CC(C)c1ccccc1N1CCCC(N)C1(C)C. The number of nitrogens with zero attached hydrogens (tertiary/aromatic N) is 1. The summed E-state index contributed by atoms with van der Waals surface area (Å²) in [5.41, 5.74) is 9.17. The van der Waals surface area contributed by atoms with Gasteiger partial charge in [-0.1, -0.05) is 32.0 Å². The van der Waals surface area contributed by atoms with E-state index in [2.05, 4.69) is 56.9 Å². The lowest BCUT2D eigenvalue weighted by atomic mass is 9.84. The summed E-state index contributed by atoms with van der Waals surface area (Å²) in [4.78, 5) is 2.51. The van der Waals surface area contributed by atoms with Gasteiger partial charge in [0.05, 0.1) is 0 Å². The van der Waals surface area contributed by atoms with Gasteiger partial charge in [-0.05, 0) is 44.2 Å². The van der Waals surface area contributed by atoms with E-state index in [1.54, 1.807) is 0 Å². The zero-order valence-electron chi connectivity index (χ0n) is 12.1. The minimum atomic E-state index is 0.0449. The molecule has 2 rings (SSSR count). The Morgan fingerprint density at radius 3 is 2.61 bits per heavy atom. The Kier molecular flexibility index (Phi) is 3.67. The third-order valence-corrected chi connectivity index (χ3v) is 4.35. The fraction of sp³-hybridized carbons (Fsp3) is 0.625. The van der Waals surface area contributed by atoms with Crippen molar-refractivity contribution in [2.45, 2.75) is 58.0 Å². The Bertz CT molecular complexity index is 409. The van der Waals surface area contributed by atoms with Crippen LogP contribution in [-0.4, -0.2) is 18.1 Å². The van der Waals surface area contributed by atoms with Gasteiger partial charge < -0.3 is 10.6 Å². The molecule has 100 valence electrons. The minimum Gasteiger partial charge on any atom is -0.365 e. The van der Waals surface area contributed by atoms with Crippen LogP contribution >= 0.6 is 0 Å². The van der Waals surface area contributed by atoms with Gasteiger partial charge in [-0.15, -0.1) is 0 Å². The minimum absolute atomic E-state index is 0.0449. The van der Waals surface area contributed by atoms with Crippen LogP contribution in [0.3, 0.4) is 0 Å². The maximum Gasteiger partial charge on any atom is 0.0496 e. The summed E-state index contributed by atoms with van der Waals surface area (Å²) in [5, 5.41) is 0. The third-order valence-electron chi connectivity index (χ3n) is 4.35. The molecule has 0 amide bonds. The maximum absolute atomic E-state index is 6.32. The molecule has 0 saturated carbocycles. The quantitative estimate of drug-likeness (QED) is 0.865. The predicted octanol–water partition coefficient (Wildman–Crippen LogP) is 3.52. The molecule has 18 heavy (non-hydrogen) atoms. The molecule has 0 aliphatic carbocycles. The summed E-state index contributed by atoms with van der Waals surface area (Å²) in [6.07, 6.45) is 2.32. The van der Waals surface area contributed by atoms with Crippen molar-refractivity contribution in [3.05, 3.63) is 29.8 Å². The highest BCUT2D eigenvalue weighted by Crippen LogP contribution is 2.36. The third kappa shape index (κ3) is 2.26. The summed E-state index contributed by atoms with van der Waals surface area (Å²) >= 11 is 0. The van der Waals surface area contributed by atoms with Crippen molar-refractivity contribution in [1.29, 1.82) is 0 Å². The number of hydrogen-bond donors (Lipinski definition) is 1. The van der Waals surface area contributed by atoms with E-state index >= 15 is 0 Å². The van der Waals surface area contributed by atoms with Crippen LogP contribution in [0, 0.1) is 0 Å². The molecule has 1 aliphatic rings. The smallest absolute Gasteiger partial charge is 0.0496 e. The van der Waals surface area contributed by atoms with Gasteiger partial charge >= 0.3 is 0 Å². The van der Waals surface area contributed by atoms with Gasteiger partial charge in [-0.3, -0.25) is 0 Å². The van der Waals surface area contributed by atoms with Gasteiger partial charge in [-0.2, -0.15) is 0 Å². The summed E-state index contributed by atoms with van der Waals surface area (Å²) < 4.78 is 0. The number of benzene rings is 1. The fourth-order valence-electron chi connectivity index (χ4n) is 2.96. The molecule has 1 aliphatic heterocycles. The van der Waals surface area contributed by atoms with Crippen molar-refractivity contribution in [3.8, 4) is 0 Å². The normalized spacial score (nSPS) is 23.4. The fourth-order valence-corrected chi connectivity index (χ4v) is 2.96. The van der Waals surface area contributed by atoms with Gasteiger partial charge in [0.2, 0.25) is 0 Å². The topological polar surface area (TPSA) is 29.3 Å². The Labute approximate surface area is 111 Å². The van der Waals surface area contributed by atoms with Crippen LogP contribution < -0.4 is 10.6 Å². The van der Waals surface area contributed by atoms with Crippen molar-refractivity contribution in [2.75, 3.05) is 11.4 Å². The lowest BCUT2D eigenvalue weighted by Crippen LogP contribution is -2.60. The molecule has 0 spiro atoms. The first-order valence-corrected chi connectivity index (χ1v) is 7.06. The van der Waals surface area contributed by atoms with Crippen molar-refractivity contribution >= 4 is 5.69 Å². The highest BCUT2D eigenvalue weighted by molar-refractivity contribution is 5.57. The summed E-state index contributed by atoms with van der Waals surface area (Å²) in [6.45, 7) is 10.2. The van der Waals surface area contributed by atoms with Crippen LogP contribution in [0.2, 0.25) is 0 Å². The van der Waals surface area contributed by atoms with Crippen molar-refractivity contribution < 1.29 is 0 Å². The van der Waals surface area contributed by atoms with E-state index in [0.29, 0.717) is 5.92 Å². The Hall–Kier alpha value is -1.02. The standard InChI is InChI=1S/C16H26N2/c1-12(2)13-8-5-6-9-14(13)18-11-7-10-15(17)16(18,3)4/h5-6,8-9,12,15H,7,10-11,17H2,1-4H3. The molecule has 0 aromatic heterocycles. The molecule has 1 aromatic rings. The van der Waals surface area contributed by atoms with E-state index in [4.69, 9.17) is 5.73 Å². The monoisotopic (exact) mass is 246 g/mol. The number of rotatable bonds is 2. The molecule has 0 bridgehead atoms. The van der Waals surface area contributed by atoms with Gasteiger partial charge in [0.1, 0.15) is 0 Å². The molecule has 2 heteroatoms. The molecule has 1 fully saturated rings. The Balaban J connectivity index is 2.41. The predicted molar refractivity (Wildman–Crippen MR) is 79.2 cm³/mol. The Morgan fingerprint density at radius 1 is 1.28 bits per heavy atom. The average Bonchev–Trinajstić information content (AvgIpc) is 2.32. The second kappa shape index (κ2) is 4.93. The molecule has 2 nitrogen and oxygen atoms in total. The summed E-state index contributed by atoms with van der Waals surface area (Å²) in [6, 6.07) is 9.02.